The predicted molar refractivity (Wildman–Crippen MR) is 155 cm³/mol. The normalized spacial score (nSPS) is 10.7. The Morgan fingerprint density at radius 1 is 0.814 bits per heavy atom. The summed E-state index contributed by atoms with van der Waals surface area (Å²) >= 11 is 0. The second kappa shape index (κ2) is 13.0. The highest BCUT2D eigenvalue weighted by molar-refractivity contribution is 5.93. The Labute approximate surface area is 243 Å². The van der Waals surface area contributed by atoms with Crippen molar-refractivity contribution < 1.29 is 27.9 Å². The van der Waals surface area contributed by atoms with E-state index in [1.165, 1.54) is 26.0 Å². The van der Waals surface area contributed by atoms with Crippen LogP contribution in [0, 0.1) is 0 Å². The summed E-state index contributed by atoms with van der Waals surface area (Å²) < 4.78 is 21.0. The Morgan fingerprint density at radius 2 is 1.40 bits per heavy atom. The molecule has 0 saturated carbocycles. The van der Waals surface area contributed by atoms with E-state index in [1.54, 1.807) is 7.11 Å². The fourth-order valence-corrected chi connectivity index (χ4v) is 4.12. The minimum Gasteiger partial charge on any atom is -0.497 e. The molecule has 0 fully saturated rings. The third kappa shape index (κ3) is 6.89. The van der Waals surface area contributed by atoms with Crippen LogP contribution in [0.2, 0.25) is 0 Å². The van der Waals surface area contributed by atoms with E-state index in [0.29, 0.717) is 29.4 Å². The maximum Gasteiger partial charge on any atom is 0.337 e. The summed E-state index contributed by atoms with van der Waals surface area (Å²) in [6.07, 6.45) is 1.08. The van der Waals surface area contributed by atoms with Crippen LogP contribution >= 0.6 is 0 Å². The van der Waals surface area contributed by atoms with Gasteiger partial charge in [-0.05, 0) is 41.7 Å². The summed E-state index contributed by atoms with van der Waals surface area (Å²) in [6, 6.07) is 10.0. The Balaban J connectivity index is 0.000000215. The van der Waals surface area contributed by atoms with Crippen LogP contribution in [0.4, 0.5) is 0 Å². The zero-order chi connectivity index (χ0) is 31.3. The molecule has 1 N–H and O–H groups in total. The first-order chi connectivity index (χ1) is 20.5. The number of benzene rings is 1. The molecule has 0 aliphatic heterocycles. The molecular formula is C30H28N4O9. The van der Waals surface area contributed by atoms with Gasteiger partial charge in [0.1, 0.15) is 23.1 Å². The van der Waals surface area contributed by atoms with E-state index < -0.39 is 22.6 Å². The third-order valence-corrected chi connectivity index (χ3v) is 6.29. The number of aromatic nitrogens is 4. The quantitative estimate of drug-likeness (QED) is 0.260. The minimum absolute atomic E-state index is 0.0549. The van der Waals surface area contributed by atoms with Gasteiger partial charge in [0.2, 0.25) is 23.1 Å². The number of hydrogen-bond donors (Lipinski definition) is 1. The van der Waals surface area contributed by atoms with E-state index in [1.807, 2.05) is 38.1 Å². The van der Waals surface area contributed by atoms with Crippen molar-refractivity contribution in [3.05, 3.63) is 95.9 Å². The smallest absolute Gasteiger partial charge is 0.337 e. The number of fused-ring (bicyclic) bond motifs is 2. The molecule has 4 heterocycles. The molecule has 5 aromatic rings. The number of aromatic amines is 1. The fourth-order valence-electron chi connectivity index (χ4n) is 4.12. The largest absolute Gasteiger partial charge is 0.497 e. The molecule has 13 nitrogen and oxygen atoms in total. The summed E-state index contributed by atoms with van der Waals surface area (Å²) in [5.74, 6) is 0.0589. The van der Waals surface area contributed by atoms with Gasteiger partial charge in [-0.25, -0.2) is 9.59 Å². The SMILES string of the molecule is CCc1cc(=O)oc2nc(C(C)=O)[nH]c(=O)c12.CCc1cc(=O)oc2nc(C(C)=O)nc(OCc3ccc(OC)cc3)c12. The van der Waals surface area contributed by atoms with Crippen LogP contribution in [0.15, 0.2) is 59.6 Å². The lowest BCUT2D eigenvalue weighted by molar-refractivity contribution is 0.0995. The van der Waals surface area contributed by atoms with Crippen molar-refractivity contribution in [1.82, 2.24) is 19.9 Å². The number of ketones is 2. The van der Waals surface area contributed by atoms with E-state index >= 15 is 0 Å². The molecule has 0 bridgehead atoms. The molecule has 0 atom stereocenters. The number of carbonyl (C=O) groups excluding carboxylic acids is 2. The Morgan fingerprint density at radius 3 is 1.93 bits per heavy atom. The highest BCUT2D eigenvalue weighted by atomic mass is 16.5. The fraction of sp³-hybridized carbons (Fsp3) is 0.267. The second-order valence-corrected chi connectivity index (χ2v) is 9.26. The third-order valence-electron chi connectivity index (χ3n) is 6.29. The molecular weight excluding hydrogens is 560 g/mol. The number of ether oxygens (including phenoxy) is 2. The van der Waals surface area contributed by atoms with Crippen LogP contribution in [-0.4, -0.2) is 38.6 Å². The van der Waals surface area contributed by atoms with E-state index in [-0.39, 0.29) is 46.7 Å². The minimum atomic E-state index is -0.582. The predicted octanol–water partition coefficient (Wildman–Crippen LogP) is 3.58. The molecule has 0 unspecified atom stereocenters. The zero-order valence-corrected chi connectivity index (χ0v) is 24.1. The van der Waals surface area contributed by atoms with Gasteiger partial charge < -0.3 is 23.3 Å². The summed E-state index contributed by atoms with van der Waals surface area (Å²) in [5, 5.41) is 0.725. The Hall–Kier alpha value is -5.46. The molecule has 13 heteroatoms. The van der Waals surface area contributed by atoms with Crippen LogP contribution in [0.1, 0.15) is 65.6 Å². The van der Waals surface area contributed by atoms with Crippen molar-refractivity contribution in [3.8, 4) is 11.6 Å². The summed E-state index contributed by atoms with van der Waals surface area (Å²) in [6.45, 7) is 6.56. The average molecular weight is 589 g/mol. The highest BCUT2D eigenvalue weighted by Crippen LogP contribution is 2.27. The number of Topliss-reactive ketones (excluding diaryl/α,β-unsaturated/α-hetero) is 2. The highest BCUT2D eigenvalue weighted by Gasteiger charge is 2.18. The van der Waals surface area contributed by atoms with Gasteiger partial charge in [-0.3, -0.25) is 14.4 Å². The molecule has 0 aliphatic rings. The maximum absolute atomic E-state index is 11.8. The van der Waals surface area contributed by atoms with Crippen molar-refractivity contribution in [3.63, 3.8) is 0 Å². The molecule has 0 aliphatic carbocycles. The van der Waals surface area contributed by atoms with Gasteiger partial charge in [0.15, 0.2) is 17.4 Å². The topological polar surface area (TPSA) is 185 Å². The van der Waals surface area contributed by atoms with Crippen molar-refractivity contribution >= 4 is 33.8 Å². The van der Waals surface area contributed by atoms with Crippen molar-refractivity contribution in [2.75, 3.05) is 7.11 Å². The number of nitrogens with zero attached hydrogens (tertiary/aromatic N) is 3. The van der Waals surface area contributed by atoms with E-state index in [0.717, 1.165) is 11.3 Å². The van der Waals surface area contributed by atoms with Gasteiger partial charge in [-0.15, -0.1) is 0 Å². The van der Waals surface area contributed by atoms with Crippen LogP contribution in [-0.2, 0) is 19.4 Å². The molecule has 4 aromatic heterocycles. The Kier molecular flexibility index (Phi) is 9.23. The molecule has 0 amide bonds. The monoisotopic (exact) mass is 588 g/mol. The number of rotatable bonds is 8. The molecule has 222 valence electrons. The number of H-pyrrole nitrogens is 1. The van der Waals surface area contributed by atoms with Crippen LogP contribution in [0.25, 0.3) is 22.2 Å². The number of nitrogens with one attached hydrogen (secondary N) is 1. The standard InChI is InChI=1S/C19H18N2O5.C11H10N2O4/c1-4-13-9-15(23)26-19-16(13)18(20-17(21-19)11(2)22)25-10-12-5-7-14(24-3)8-6-12;1-3-6-4-7(15)17-11-8(6)10(16)12-9(13-11)5(2)14/h5-9H,4,10H2,1-3H3;4H,3H2,1-2H3,(H,12,13,16). The van der Waals surface area contributed by atoms with Crippen LogP contribution in [0.5, 0.6) is 11.6 Å². The molecule has 1 aromatic carbocycles. The summed E-state index contributed by atoms with van der Waals surface area (Å²) in [7, 11) is 1.60. The molecule has 0 spiro atoms. The van der Waals surface area contributed by atoms with Crippen LogP contribution < -0.4 is 26.3 Å². The number of aryl methyl sites for hydroxylation is 2. The van der Waals surface area contributed by atoms with E-state index in [9.17, 15) is 24.0 Å². The van der Waals surface area contributed by atoms with Gasteiger partial charge in [-0.2, -0.15) is 15.0 Å². The lowest BCUT2D eigenvalue weighted by atomic mass is 10.1. The lowest BCUT2D eigenvalue weighted by Crippen LogP contribution is -2.17. The van der Waals surface area contributed by atoms with E-state index in [4.69, 9.17) is 18.3 Å². The van der Waals surface area contributed by atoms with Gasteiger partial charge in [0, 0.05) is 26.0 Å². The first kappa shape index (κ1) is 30.5. The molecule has 0 saturated heterocycles. The van der Waals surface area contributed by atoms with Gasteiger partial charge >= 0.3 is 11.3 Å². The first-order valence-electron chi connectivity index (χ1n) is 13.2. The Bertz CT molecular complexity index is 2010. The van der Waals surface area contributed by atoms with Gasteiger partial charge in [-0.1, -0.05) is 26.0 Å². The van der Waals surface area contributed by atoms with Gasteiger partial charge in [0.25, 0.3) is 5.56 Å². The maximum atomic E-state index is 11.8. The first-order valence-corrected chi connectivity index (χ1v) is 13.2. The lowest BCUT2D eigenvalue weighted by Gasteiger charge is -2.11. The van der Waals surface area contributed by atoms with Crippen molar-refractivity contribution in [2.24, 2.45) is 0 Å². The van der Waals surface area contributed by atoms with Crippen molar-refractivity contribution in [1.29, 1.82) is 0 Å². The van der Waals surface area contributed by atoms with E-state index in [2.05, 4.69) is 19.9 Å². The summed E-state index contributed by atoms with van der Waals surface area (Å²) in [5.41, 5.74) is 0.544. The number of methoxy groups -OCH3 is 1. The zero-order valence-electron chi connectivity index (χ0n) is 24.1. The van der Waals surface area contributed by atoms with Gasteiger partial charge in [0.05, 0.1) is 7.11 Å². The second-order valence-electron chi connectivity index (χ2n) is 9.26. The summed E-state index contributed by atoms with van der Waals surface area (Å²) in [4.78, 5) is 72.1. The molecule has 43 heavy (non-hydrogen) atoms. The molecule has 5 rings (SSSR count). The average Bonchev–Trinajstić information content (AvgIpc) is 2.98. The molecule has 0 radical (unpaired) electrons. The number of hydrogen-bond acceptors (Lipinski definition) is 12. The van der Waals surface area contributed by atoms with Crippen molar-refractivity contribution in [2.45, 2.75) is 47.1 Å². The van der Waals surface area contributed by atoms with Crippen LogP contribution in [0.3, 0.4) is 0 Å². The number of carbonyl (C=O) groups is 2.